The second kappa shape index (κ2) is 7.65. The normalized spacial score (nSPS) is 22.1. The van der Waals surface area contributed by atoms with Gasteiger partial charge >= 0.3 is 5.97 Å². The van der Waals surface area contributed by atoms with E-state index in [-0.39, 0.29) is 42.2 Å². The summed E-state index contributed by atoms with van der Waals surface area (Å²) in [5.41, 5.74) is 5.44. The number of esters is 1. The number of ether oxygens (including phenoxy) is 1. The molecule has 10 heteroatoms. The third kappa shape index (κ3) is 4.11. The zero-order chi connectivity index (χ0) is 19.6. The Morgan fingerprint density at radius 3 is 2.93 bits per heavy atom. The number of nitrogen functional groups attached to an aromatic ring is 1. The van der Waals surface area contributed by atoms with Crippen molar-refractivity contribution in [1.29, 1.82) is 0 Å². The van der Waals surface area contributed by atoms with Gasteiger partial charge in [0, 0.05) is 17.9 Å². The second-order valence-corrected chi connectivity index (χ2v) is 7.56. The van der Waals surface area contributed by atoms with Gasteiger partial charge in [-0.1, -0.05) is 0 Å². The van der Waals surface area contributed by atoms with Crippen LogP contribution in [0.15, 0.2) is 11.1 Å². The fourth-order valence-corrected chi connectivity index (χ4v) is 3.48. The van der Waals surface area contributed by atoms with E-state index in [4.69, 9.17) is 10.5 Å². The number of nitrogens with two attached hydrogens (primary N) is 1. The van der Waals surface area contributed by atoms with Crippen molar-refractivity contribution in [2.75, 3.05) is 39.6 Å². The highest BCUT2D eigenvalue weighted by Crippen LogP contribution is 2.49. The summed E-state index contributed by atoms with van der Waals surface area (Å²) in [5.74, 6) is -0.212. The van der Waals surface area contributed by atoms with Crippen molar-refractivity contribution >= 4 is 23.1 Å². The number of carbonyl (C=O) groups is 1. The number of rotatable bonds is 8. The summed E-state index contributed by atoms with van der Waals surface area (Å²) in [6.45, 7) is 0.937. The molecule has 3 rings (SSSR count). The van der Waals surface area contributed by atoms with Gasteiger partial charge in [0.2, 0.25) is 5.95 Å². The van der Waals surface area contributed by atoms with Gasteiger partial charge in [0.15, 0.2) is 11.2 Å². The predicted octanol–water partition coefficient (Wildman–Crippen LogP) is -0.0996. The standard InChI is InChI=1S/C17H26N6O4/c1-22(2)5-3-4-12(25)27-9-17(8-24)6-11(7-17)23-10-19-13-14(23)20-16(18)21-15(13)26/h10-11,24H,3-9H2,1-2H3,(H3,18,20,21,26). The summed E-state index contributed by atoms with van der Waals surface area (Å²) in [4.78, 5) is 36.5. The molecule has 2 heterocycles. The minimum absolute atomic E-state index is 0.0169. The van der Waals surface area contributed by atoms with E-state index >= 15 is 0 Å². The van der Waals surface area contributed by atoms with Gasteiger partial charge in [-0.2, -0.15) is 4.98 Å². The van der Waals surface area contributed by atoms with Crippen molar-refractivity contribution < 1.29 is 14.6 Å². The van der Waals surface area contributed by atoms with Gasteiger partial charge in [-0.05, 0) is 39.9 Å². The molecule has 0 aromatic carbocycles. The van der Waals surface area contributed by atoms with Crippen LogP contribution in [0.2, 0.25) is 0 Å². The molecule has 1 fully saturated rings. The van der Waals surface area contributed by atoms with Crippen molar-refractivity contribution in [3.8, 4) is 0 Å². The first-order valence-corrected chi connectivity index (χ1v) is 8.97. The van der Waals surface area contributed by atoms with Crippen molar-refractivity contribution in [2.24, 2.45) is 5.41 Å². The Hall–Kier alpha value is -2.46. The van der Waals surface area contributed by atoms with E-state index in [2.05, 4.69) is 15.0 Å². The number of nitrogens with zero attached hydrogens (tertiary/aromatic N) is 4. The number of anilines is 1. The van der Waals surface area contributed by atoms with E-state index in [0.29, 0.717) is 24.9 Å². The van der Waals surface area contributed by atoms with Gasteiger partial charge in [-0.15, -0.1) is 0 Å². The number of nitrogens with one attached hydrogen (secondary N) is 1. The SMILES string of the molecule is CN(C)CCCC(=O)OCC1(CO)CC(n2cnc3c(=O)[nH]c(N)nc32)C1. The lowest BCUT2D eigenvalue weighted by atomic mass is 9.66. The van der Waals surface area contributed by atoms with Crippen LogP contribution in [0, 0.1) is 5.41 Å². The molecule has 0 spiro atoms. The van der Waals surface area contributed by atoms with E-state index in [9.17, 15) is 14.7 Å². The fourth-order valence-electron chi connectivity index (χ4n) is 3.48. The Labute approximate surface area is 156 Å². The fraction of sp³-hybridized carbons (Fsp3) is 0.647. The number of carbonyl (C=O) groups excluding carboxylic acids is 1. The molecule has 0 bridgehead atoms. The summed E-state index contributed by atoms with van der Waals surface area (Å²) in [5, 5.41) is 9.80. The number of aromatic nitrogens is 4. The van der Waals surface area contributed by atoms with Gasteiger partial charge in [0.25, 0.3) is 5.56 Å². The summed E-state index contributed by atoms with van der Waals surface area (Å²) in [6, 6.07) is 0.0169. The largest absolute Gasteiger partial charge is 0.465 e. The molecule has 1 saturated carbocycles. The molecule has 2 aromatic heterocycles. The number of H-pyrrole nitrogens is 1. The maximum absolute atomic E-state index is 11.9. The van der Waals surface area contributed by atoms with Crippen LogP contribution in [0.3, 0.4) is 0 Å². The third-order valence-corrected chi connectivity index (χ3v) is 5.04. The highest BCUT2D eigenvalue weighted by molar-refractivity contribution is 5.71. The van der Waals surface area contributed by atoms with Crippen molar-refractivity contribution in [3.05, 3.63) is 16.7 Å². The Morgan fingerprint density at radius 1 is 1.52 bits per heavy atom. The van der Waals surface area contributed by atoms with E-state index in [0.717, 1.165) is 13.0 Å². The molecule has 27 heavy (non-hydrogen) atoms. The van der Waals surface area contributed by atoms with E-state index < -0.39 is 5.41 Å². The van der Waals surface area contributed by atoms with Crippen LogP contribution < -0.4 is 11.3 Å². The lowest BCUT2D eigenvalue weighted by molar-refractivity contribution is -0.153. The van der Waals surface area contributed by atoms with Crippen molar-refractivity contribution in [3.63, 3.8) is 0 Å². The quantitative estimate of drug-likeness (QED) is 0.541. The summed E-state index contributed by atoms with van der Waals surface area (Å²) in [6.07, 6.45) is 3.87. The molecule has 0 amide bonds. The molecule has 0 unspecified atom stereocenters. The molecule has 1 aliphatic carbocycles. The molecule has 0 aliphatic heterocycles. The number of hydrogen-bond acceptors (Lipinski definition) is 8. The molecule has 0 radical (unpaired) electrons. The number of fused-ring (bicyclic) bond motifs is 1. The van der Waals surface area contributed by atoms with E-state index in [1.807, 2.05) is 19.0 Å². The lowest BCUT2D eigenvalue weighted by Gasteiger charge is -2.46. The van der Waals surface area contributed by atoms with Crippen LogP contribution >= 0.6 is 0 Å². The molecule has 0 saturated heterocycles. The Kier molecular flexibility index (Phi) is 5.47. The minimum atomic E-state index is -0.467. The zero-order valence-corrected chi connectivity index (χ0v) is 15.6. The van der Waals surface area contributed by atoms with Crippen molar-refractivity contribution in [1.82, 2.24) is 24.4 Å². The molecule has 1 aliphatic rings. The van der Waals surface area contributed by atoms with Gasteiger partial charge in [0.1, 0.15) is 0 Å². The highest BCUT2D eigenvalue weighted by Gasteiger charge is 2.46. The monoisotopic (exact) mass is 378 g/mol. The summed E-state index contributed by atoms with van der Waals surface area (Å²) >= 11 is 0. The Balaban J connectivity index is 1.59. The molecule has 0 atom stereocenters. The number of aliphatic hydroxyl groups is 1. The minimum Gasteiger partial charge on any atom is -0.465 e. The van der Waals surface area contributed by atoms with Crippen LogP contribution in [0.1, 0.15) is 31.7 Å². The van der Waals surface area contributed by atoms with Gasteiger partial charge in [0.05, 0.1) is 19.5 Å². The topological polar surface area (TPSA) is 139 Å². The van der Waals surface area contributed by atoms with E-state index in [1.54, 1.807) is 10.9 Å². The van der Waals surface area contributed by atoms with Crippen LogP contribution in [0.25, 0.3) is 11.2 Å². The maximum atomic E-state index is 11.9. The zero-order valence-electron chi connectivity index (χ0n) is 15.6. The van der Waals surface area contributed by atoms with E-state index in [1.165, 1.54) is 0 Å². The first-order chi connectivity index (χ1) is 12.8. The van der Waals surface area contributed by atoms with Crippen LogP contribution in [-0.2, 0) is 9.53 Å². The van der Waals surface area contributed by atoms with Gasteiger partial charge in [-0.25, -0.2) is 4.98 Å². The summed E-state index contributed by atoms with van der Waals surface area (Å²) in [7, 11) is 3.91. The van der Waals surface area contributed by atoms with Crippen LogP contribution in [-0.4, -0.2) is 69.3 Å². The number of aliphatic hydroxyl groups excluding tert-OH is 1. The van der Waals surface area contributed by atoms with Crippen molar-refractivity contribution in [2.45, 2.75) is 31.7 Å². The van der Waals surface area contributed by atoms with Crippen LogP contribution in [0.5, 0.6) is 0 Å². The molecule has 148 valence electrons. The molecule has 4 N–H and O–H groups in total. The number of imidazole rings is 1. The maximum Gasteiger partial charge on any atom is 0.305 e. The smallest absolute Gasteiger partial charge is 0.305 e. The van der Waals surface area contributed by atoms with Gasteiger partial charge < -0.3 is 25.0 Å². The molecular formula is C17H26N6O4. The predicted molar refractivity (Wildman–Crippen MR) is 99.1 cm³/mol. The van der Waals surface area contributed by atoms with Crippen LogP contribution in [0.4, 0.5) is 5.95 Å². The Bertz CT molecular complexity index is 868. The number of hydrogen-bond donors (Lipinski definition) is 3. The number of aromatic amines is 1. The molecular weight excluding hydrogens is 352 g/mol. The Morgan fingerprint density at radius 2 is 2.26 bits per heavy atom. The molecule has 10 nitrogen and oxygen atoms in total. The molecule has 2 aromatic rings. The lowest BCUT2D eigenvalue weighted by Crippen LogP contribution is -2.45. The highest BCUT2D eigenvalue weighted by atomic mass is 16.5. The first-order valence-electron chi connectivity index (χ1n) is 8.97. The van der Waals surface area contributed by atoms with Gasteiger partial charge in [-0.3, -0.25) is 14.6 Å². The average molecular weight is 378 g/mol. The average Bonchev–Trinajstić information content (AvgIpc) is 2.98. The first kappa shape index (κ1) is 19.3. The third-order valence-electron chi connectivity index (χ3n) is 5.04. The summed E-state index contributed by atoms with van der Waals surface area (Å²) < 4.78 is 7.18. The second-order valence-electron chi connectivity index (χ2n) is 7.56.